The Morgan fingerprint density at radius 3 is 2.36 bits per heavy atom. The van der Waals surface area contributed by atoms with Crippen molar-refractivity contribution in [1.82, 2.24) is 24.5 Å². The van der Waals surface area contributed by atoms with E-state index in [1.165, 1.54) is 18.1 Å². The zero-order valence-corrected chi connectivity index (χ0v) is 16.5. The number of nitrogens with zero attached hydrogens (tertiary/aromatic N) is 5. The molecule has 0 aliphatic carbocycles. The Morgan fingerprint density at radius 2 is 1.86 bits per heavy atom. The number of aryl methyl sites for hydroxylation is 3. The Balaban J connectivity index is 2.32. The molecule has 0 radical (unpaired) electrons. The van der Waals surface area contributed by atoms with Gasteiger partial charge in [0.25, 0.3) is 0 Å². The molecule has 0 aliphatic heterocycles. The fraction of sp³-hybridized carbons (Fsp3) is 0.278. The monoisotopic (exact) mass is 403 g/mol. The molecule has 1 aromatic carbocycles. The molecular weight excluding hydrogens is 386 g/mol. The number of carbonyl (C=O) groups is 1. The van der Waals surface area contributed by atoms with Crippen LogP contribution in [0.3, 0.4) is 0 Å². The van der Waals surface area contributed by atoms with Gasteiger partial charge in [0.15, 0.2) is 11.4 Å². The molecule has 1 N–H and O–H groups in total. The highest BCUT2D eigenvalue weighted by Gasteiger charge is 2.22. The van der Waals surface area contributed by atoms with Gasteiger partial charge in [-0.3, -0.25) is 4.79 Å². The van der Waals surface area contributed by atoms with Crippen molar-refractivity contribution < 1.29 is 14.6 Å². The van der Waals surface area contributed by atoms with Crippen LogP contribution in [0, 0.1) is 13.8 Å². The van der Waals surface area contributed by atoms with Crippen LogP contribution in [-0.2, 0) is 11.2 Å². The Hall–Kier alpha value is -3.20. The molecule has 0 bridgehead atoms. The summed E-state index contributed by atoms with van der Waals surface area (Å²) in [4.78, 5) is 28.8. The molecule has 0 saturated heterocycles. The normalized spacial score (nSPS) is 10.9. The lowest BCUT2D eigenvalue weighted by atomic mass is 10.0. The molecule has 9 nitrogen and oxygen atoms in total. The molecule has 0 unspecified atom stereocenters. The summed E-state index contributed by atoms with van der Waals surface area (Å²) >= 11 is 5.76. The van der Waals surface area contributed by atoms with Crippen LogP contribution >= 0.6 is 11.6 Å². The summed E-state index contributed by atoms with van der Waals surface area (Å²) < 4.78 is 7.07. The van der Waals surface area contributed by atoms with Gasteiger partial charge >= 0.3 is 11.5 Å². The summed E-state index contributed by atoms with van der Waals surface area (Å²) in [6.45, 7) is 5.32. The van der Waals surface area contributed by atoms with Crippen LogP contribution in [0.5, 0.6) is 5.75 Å². The number of hydrogen-bond donors (Lipinski definition) is 1. The fourth-order valence-corrected chi connectivity index (χ4v) is 3.15. The molecular formula is C18H18ClN5O4. The maximum absolute atomic E-state index is 13.2. The van der Waals surface area contributed by atoms with Crippen molar-refractivity contribution in [3.63, 3.8) is 0 Å². The van der Waals surface area contributed by atoms with Crippen molar-refractivity contribution in [2.24, 2.45) is 0 Å². The molecule has 28 heavy (non-hydrogen) atoms. The molecule has 2 aromatic heterocycles. The Kier molecular flexibility index (Phi) is 5.19. The summed E-state index contributed by atoms with van der Waals surface area (Å²) in [5.74, 6) is -0.761. The average Bonchev–Trinajstić information content (AvgIpc) is 3.08. The zero-order valence-electron chi connectivity index (χ0n) is 15.7. The second-order valence-electron chi connectivity index (χ2n) is 6.12. The summed E-state index contributed by atoms with van der Waals surface area (Å²) in [6.07, 6.45) is 1.61. The lowest BCUT2D eigenvalue weighted by molar-refractivity contribution is 0.0600. The molecule has 2 heterocycles. The van der Waals surface area contributed by atoms with Crippen LogP contribution in [0.2, 0.25) is 5.28 Å². The van der Waals surface area contributed by atoms with Gasteiger partial charge in [-0.05, 0) is 55.1 Å². The number of aromatic nitrogens is 5. The van der Waals surface area contributed by atoms with E-state index in [2.05, 4.69) is 15.2 Å². The fourth-order valence-electron chi connectivity index (χ4n) is 3.02. The number of carbonyl (C=O) groups excluding carboxylic acids is 1. The van der Waals surface area contributed by atoms with Crippen molar-refractivity contribution >= 4 is 17.6 Å². The molecule has 146 valence electrons. The smallest absolute Gasteiger partial charge is 0.337 e. The number of ether oxygens (including phenoxy) is 1. The Bertz CT molecular complexity index is 1110. The molecule has 0 atom stereocenters. The first kappa shape index (κ1) is 19.6. The first-order chi connectivity index (χ1) is 13.3. The lowest BCUT2D eigenvalue weighted by Crippen LogP contribution is -2.28. The molecule has 0 aliphatic rings. The predicted octanol–water partition coefficient (Wildman–Crippen LogP) is 2.14. The van der Waals surface area contributed by atoms with Gasteiger partial charge in [-0.2, -0.15) is 9.78 Å². The first-order valence-corrected chi connectivity index (χ1v) is 8.78. The number of methoxy groups -OCH3 is 1. The number of benzene rings is 1. The summed E-state index contributed by atoms with van der Waals surface area (Å²) in [6, 6.07) is 3.24. The van der Waals surface area contributed by atoms with E-state index < -0.39 is 11.5 Å². The summed E-state index contributed by atoms with van der Waals surface area (Å²) in [5.41, 5.74) is 1.75. The van der Waals surface area contributed by atoms with Gasteiger partial charge in [0.1, 0.15) is 12.0 Å². The Labute approximate surface area is 165 Å². The van der Waals surface area contributed by atoms with E-state index in [9.17, 15) is 14.7 Å². The van der Waals surface area contributed by atoms with E-state index in [0.717, 1.165) is 4.68 Å². The van der Waals surface area contributed by atoms with Gasteiger partial charge in [-0.25, -0.2) is 14.5 Å². The van der Waals surface area contributed by atoms with Crippen molar-refractivity contribution in [1.29, 1.82) is 0 Å². The quantitative estimate of drug-likeness (QED) is 0.664. The van der Waals surface area contributed by atoms with Crippen molar-refractivity contribution in [2.75, 3.05) is 7.11 Å². The highest BCUT2D eigenvalue weighted by atomic mass is 35.5. The second kappa shape index (κ2) is 7.43. The number of hydrogen-bond acceptors (Lipinski definition) is 7. The van der Waals surface area contributed by atoms with Gasteiger partial charge in [-0.1, -0.05) is 6.92 Å². The van der Waals surface area contributed by atoms with E-state index >= 15 is 0 Å². The third-order valence-corrected chi connectivity index (χ3v) is 4.44. The minimum atomic E-state index is -0.603. The third-order valence-electron chi connectivity index (χ3n) is 4.27. The standard InChI is InChI=1S/C18H18ClN5O4/c1-5-12-15(25)14(23-8-20-18(19)22-23)16(26)24(21-12)13-9(2)6-11(7-10(13)3)17(27)28-4/h6-8,25H,5H2,1-4H3. The first-order valence-electron chi connectivity index (χ1n) is 8.41. The van der Waals surface area contributed by atoms with Gasteiger partial charge in [0, 0.05) is 0 Å². The number of halogens is 1. The number of esters is 1. The van der Waals surface area contributed by atoms with Crippen LogP contribution in [0.25, 0.3) is 11.4 Å². The van der Waals surface area contributed by atoms with Gasteiger partial charge in [-0.15, -0.1) is 5.10 Å². The van der Waals surface area contributed by atoms with E-state index in [4.69, 9.17) is 16.3 Å². The van der Waals surface area contributed by atoms with Crippen LogP contribution in [0.15, 0.2) is 23.3 Å². The number of aromatic hydroxyl groups is 1. The summed E-state index contributed by atoms with van der Waals surface area (Å²) in [7, 11) is 1.30. The Morgan fingerprint density at radius 1 is 1.21 bits per heavy atom. The van der Waals surface area contributed by atoms with E-state index in [1.54, 1.807) is 32.9 Å². The number of rotatable bonds is 4. The maximum atomic E-state index is 13.2. The summed E-state index contributed by atoms with van der Waals surface area (Å²) in [5, 5.41) is 18.7. The van der Waals surface area contributed by atoms with E-state index in [-0.39, 0.29) is 16.7 Å². The van der Waals surface area contributed by atoms with Gasteiger partial charge in [0.05, 0.1) is 18.4 Å². The average molecular weight is 404 g/mol. The SMILES string of the molecule is CCc1nn(-c2c(C)cc(C(=O)OC)cc2C)c(=O)c(-n2cnc(Cl)n2)c1O. The molecule has 0 saturated carbocycles. The lowest BCUT2D eigenvalue weighted by Gasteiger charge is -2.16. The minimum absolute atomic E-state index is 0.0602. The molecule has 10 heteroatoms. The zero-order chi connectivity index (χ0) is 20.6. The van der Waals surface area contributed by atoms with E-state index in [1.807, 2.05) is 0 Å². The van der Waals surface area contributed by atoms with Crippen molar-refractivity contribution in [3.8, 4) is 17.1 Å². The van der Waals surface area contributed by atoms with Crippen LogP contribution in [0.4, 0.5) is 0 Å². The van der Waals surface area contributed by atoms with Crippen molar-refractivity contribution in [2.45, 2.75) is 27.2 Å². The maximum Gasteiger partial charge on any atom is 0.337 e. The van der Waals surface area contributed by atoms with Crippen LogP contribution < -0.4 is 5.56 Å². The van der Waals surface area contributed by atoms with E-state index in [0.29, 0.717) is 34.5 Å². The highest BCUT2D eigenvalue weighted by molar-refractivity contribution is 6.28. The molecule has 0 fully saturated rings. The molecule has 0 spiro atoms. The van der Waals surface area contributed by atoms with Crippen LogP contribution in [0.1, 0.15) is 34.1 Å². The predicted molar refractivity (Wildman–Crippen MR) is 102 cm³/mol. The molecule has 3 rings (SSSR count). The van der Waals surface area contributed by atoms with Gasteiger partial charge < -0.3 is 9.84 Å². The third kappa shape index (κ3) is 3.24. The van der Waals surface area contributed by atoms with Gasteiger partial charge in [0.2, 0.25) is 5.28 Å². The topological polar surface area (TPSA) is 112 Å². The molecule has 3 aromatic rings. The second-order valence-corrected chi connectivity index (χ2v) is 6.46. The minimum Gasteiger partial charge on any atom is -0.504 e. The van der Waals surface area contributed by atoms with Crippen LogP contribution in [-0.4, -0.2) is 42.7 Å². The molecule has 0 amide bonds. The van der Waals surface area contributed by atoms with Crippen molar-refractivity contribution in [3.05, 3.63) is 56.5 Å². The highest BCUT2D eigenvalue weighted by Crippen LogP contribution is 2.25. The largest absolute Gasteiger partial charge is 0.504 e.